The highest BCUT2D eigenvalue weighted by Gasteiger charge is 2.01. The molecule has 0 amide bonds. The Bertz CT molecular complexity index is 156. The van der Waals surface area contributed by atoms with Gasteiger partial charge < -0.3 is 20.1 Å². The minimum absolute atomic E-state index is 0.183. The van der Waals surface area contributed by atoms with Crippen LogP contribution in [-0.4, -0.2) is 44.6 Å². The molecule has 0 aromatic heterocycles. The van der Waals surface area contributed by atoms with Crippen LogP contribution in [0.2, 0.25) is 0 Å². The van der Waals surface area contributed by atoms with Crippen LogP contribution in [0, 0.1) is 0 Å². The van der Waals surface area contributed by atoms with E-state index in [9.17, 15) is 0 Å². The van der Waals surface area contributed by atoms with Gasteiger partial charge in [-0.25, -0.2) is 0 Å². The first-order valence-corrected chi connectivity index (χ1v) is 5.23. The predicted molar refractivity (Wildman–Crippen MR) is 61.6 cm³/mol. The number of hydrogen-bond donors (Lipinski definition) is 2. The molecule has 5 heteroatoms. The van der Waals surface area contributed by atoms with Gasteiger partial charge in [0.1, 0.15) is 0 Å². The Morgan fingerprint density at radius 1 is 1.43 bits per heavy atom. The van der Waals surface area contributed by atoms with Crippen LogP contribution in [0.15, 0.2) is 0 Å². The summed E-state index contributed by atoms with van der Waals surface area (Å²) in [5.74, 6) is 0. The van der Waals surface area contributed by atoms with E-state index in [1.54, 1.807) is 7.11 Å². The van der Waals surface area contributed by atoms with Crippen LogP contribution in [0.5, 0.6) is 0 Å². The molecular formula is C9H20N2O2S. The Kier molecular flexibility index (Phi) is 8.92. The van der Waals surface area contributed by atoms with Crippen molar-refractivity contribution in [1.29, 1.82) is 0 Å². The molecule has 0 saturated heterocycles. The van der Waals surface area contributed by atoms with Crippen molar-refractivity contribution in [3.05, 3.63) is 0 Å². The van der Waals surface area contributed by atoms with Crippen molar-refractivity contribution in [2.24, 2.45) is 0 Å². The lowest BCUT2D eigenvalue weighted by Gasteiger charge is -2.14. The molecular weight excluding hydrogens is 200 g/mol. The molecule has 0 radical (unpaired) electrons. The van der Waals surface area contributed by atoms with Crippen molar-refractivity contribution >= 4 is 17.3 Å². The molecule has 0 aromatic rings. The number of thiocarbonyl (C=S) groups is 1. The molecule has 0 aliphatic carbocycles. The first kappa shape index (κ1) is 13.6. The molecule has 0 saturated carbocycles. The zero-order valence-corrected chi connectivity index (χ0v) is 9.95. The van der Waals surface area contributed by atoms with Gasteiger partial charge in [-0.15, -0.1) is 0 Å². The third kappa shape index (κ3) is 8.22. The van der Waals surface area contributed by atoms with Crippen molar-refractivity contribution in [1.82, 2.24) is 10.6 Å². The molecule has 0 rings (SSSR count). The second-order valence-electron chi connectivity index (χ2n) is 2.90. The van der Waals surface area contributed by atoms with Crippen LogP contribution in [0.4, 0.5) is 0 Å². The maximum Gasteiger partial charge on any atom is 0.166 e. The fourth-order valence-corrected chi connectivity index (χ4v) is 1.09. The standard InChI is InChI=1S/C9H20N2O2S/c1-4-13-8(2)7-11-9(14)10-5-6-12-3/h8H,4-7H2,1-3H3,(H2,10,11,14). The van der Waals surface area contributed by atoms with E-state index in [1.807, 2.05) is 13.8 Å². The zero-order valence-electron chi connectivity index (χ0n) is 9.13. The minimum atomic E-state index is 0.183. The van der Waals surface area contributed by atoms with Gasteiger partial charge in [0.2, 0.25) is 0 Å². The Labute approximate surface area is 91.3 Å². The van der Waals surface area contributed by atoms with E-state index in [2.05, 4.69) is 10.6 Å². The Morgan fingerprint density at radius 3 is 2.71 bits per heavy atom. The summed E-state index contributed by atoms with van der Waals surface area (Å²) < 4.78 is 10.2. The van der Waals surface area contributed by atoms with Crippen molar-refractivity contribution in [2.45, 2.75) is 20.0 Å². The van der Waals surface area contributed by atoms with Gasteiger partial charge in [0, 0.05) is 26.8 Å². The monoisotopic (exact) mass is 220 g/mol. The molecule has 1 unspecified atom stereocenters. The summed E-state index contributed by atoms with van der Waals surface area (Å²) in [5, 5.41) is 6.73. The lowest BCUT2D eigenvalue weighted by atomic mass is 10.4. The van der Waals surface area contributed by atoms with Crippen LogP contribution < -0.4 is 10.6 Å². The summed E-state index contributed by atoms with van der Waals surface area (Å²) in [4.78, 5) is 0. The molecule has 0 aromatic carbocycles. The van der Waals surface area contributed by atoms with Crippen LogP contribution in [0.25, 0.3) is 0 Å². The number of rotatable bonds is 7. The smallest absolute Gasteiger partial charge is 0.166 e. The van der Waals surface area contributed by atoms with E-state index in [-0.39, 0.29) is 6.10 Å². The molecule has 0 heterocycles. The third-order valence-corrected chi connectivity index (χ3v) is 1.88. The maximum atomic E-state index is 5.34. The first-order valence-electron chi connectivity index (χ1n) is 4.83. The minimum Gasteiger partial charge on any atom is -0.383 e. The topological polar surface area (TPSA) is 42.5 Å². The highest BCUT2D eigenvalue weighted by molar-refractivity contribution is 7.80. The van der Waals surface area contributed by atoms with Crippen molar-refractivity contribution in [3.63, 3.8) is 0 Å². The number of nitrogens with one attached hydrogen (secondary N) is 2. The van der Waals surface area contributed by atoms with Crippen LogP contribution in [0.1, 0.15) is 13.8 Å². The molecule has 2 N–H and O–H groups in total. The fraction of sp³-hybridized carbons (Fsp3) is 0.889. The van der Waals surface area contributed by atoms with E-state index in [1.165, 1.54) is 0 Å². The van der Waals surface area contributed by atoms with E-state index < -0.39 is 0 Å². The summed E-state index contributed by atoms with van der Waals surface area (Å²) in [6, 6.07) is 0. The van der Waals surface area contributed by atoms with Crippen LogP contribution in [0.3, 0.4) is 0 Å². The average molecular weight is 220 g/mol. The van der Waals surface area contributed by atoms with Gasteiger partial charge in [-0.05, 0) is 26.1 Å². The highest BCUT2D eigenvalue weighted by atomic mass is 32.1. The SMILES string of the molecule is CCOC(C)CNC(=S)NCCOC. The molecule has 0 aliphatic rings. The number of ether oxygens (including phenoxy) is 2. The fourth-order valence-electron chi connectivity index (χ4n) is 0.909. The molecule has 4 nitrogen and oxygen atoms in total. The summed E-state index contributed by atoms with van der Waals surface area (Å²) in [6.45, 7) is 6.83. The molecule has 84 valence electrons. The maximum absolute atomic E-state index is 5.34. The van der Waals surface area contributed by atoms with Crippen LogP contribution >= 0.6 is 12.2 Å². The lowest BCUT2D eigenvalue weighted by Crippen LogP contribution is -2.40. The molecule has 0 aliphatic heterocycles. The summed E-state index contributed by atoms with van der Waals surface area (Å²) >= 11 is 5.04. The second kappa shape index (κ2) is 9.18. The quantitative estimate of drug-likeness (QED) is 0.484. The van der Waals surface area contributed by atoms with Gasteiger partial charge in [0.15, 0.2) is 5.11 Å². The molecule has 0 spiro atoms. The summed E-state index contributed by atoms with van der Waals surface area (Å²) in [5.41, 5.74) is 0. The third-order valence-electron chi connectivity index (χ3n) is 1.59. The molecule has 14 heavy (non-hydrogen) atoms. The van der Waals surface area contributed by atoms with E-state index in [0.717, 1.165) is 19.7 Å². The Balaban J connectivity index is 3.34. The number of hydrogen-bond acceptors (Lipinski definition) is 3. The van der Waals surface area contributed by atoms with Crippen LogP contribution in [-0.2, 0) is 9.47 Å². The van der Waals surface area contributed by atoms with Gasteiger partial charge in [-0.1, -0.05) is 0 Å². The van der Waals surface area contributed by atoms with E-state index >= 15 is 0 Å². The normalized spacial score (nSPS) is 12.2. The predicted octanol–water partition coefficient (Wildman–Crippen LogP) is 0.522. The zero-order chi connectivity index (χ0) is 10.8. The van der Waals surface area contributed by atoms with E-state index in [4.69, 9.17) is 21.7 Å². The van der Waals surface area contributed by atoms with Gasteiger partial charge in [0.05, 0.1) is 12.7 Å². The largest absolute Gasteiger partial charge is 0.383 e. The van der Waals surface area contributed by atoms with Crippen molar-refractivity contribution in [3.8, 4) is 0 Å². The second-order valence-corrected chi connectivity index (χ2v) is 3.30. The molecule has 0 bridgehead atoms. The summed E-state index contributed by atoms with van der Waals surface area (Å²) in [7, 11) is 1.66. The average Bonchev–Trinajstić information content (AvgIpc) is 2.16. The van der Waals surface area contributed by atoms with Gasteiger partial charge >= 0.3 is 0 Å². The van der Waals surface area contributed by atoms with Crippen molar-refractivity contribution in [2.75, 3.05) is 33.4 Å². The Hall–Kier alpha value is -0.390. The number of methoxy groups -OCH3 is 1. The molecule has 1 atom stereocenters. The van der Waals surface area contributed by atoms with E-state index in [0.29, 0.717) is 11.7 Å². The van der Waals surface area contributed by atoms with Gasteiger partial charge in [-0.3, -0.25) is 0 Å². The molecule has 0 fully saturated rings. The van der Waals surface area contributed by atoms with Gasteiger partial charge in [0.25, 0.3) is 0 Å². The first-order chi connectivity index (χ1) is 6.70. The highest BCUT2D eigenvalue weighted by Crippen LogP contribution is 1.86. The lowest BCUT2D eigenvalue weighted by molar-refractivity contribution is 0.0794. The van der Waals surface area contributed by atoms with Gasteiger partial charge in [-0.2, -0.15) is 0 Å². The Morgan fingerprint density at radius 2 is 2.14 bits per heavy atom. The summed E-state index contributed by atoms with van der Waals surface area (Å²) in [6.07, 6.45) is 0.183. The van der Waals surface area contributed by atoms with Crippen molar-refractivity contribution < 1.29 is 9.47 Å².